The molecule has 2 fully saturated rings. The molecule has 19 heavy (non-hydrogen) atoms. The van der Waals surface area contributed by atoms with Crippen LogP contribution in [0.25, 0.3) is 0 Å². The highest BCUT2D eigenvalue weighted by Gasteiger charge is 2.23. The van der Waals surface area contributed by atoms with Crippen molar-refractivity contribution in [2.45, 2.75) is 44.6 Å². The Balaban J connectivity index is 1.48. The van der Waals surface area contributed by atoms with Gasteiger partial charge in [0.15, 0.2) is 0 Å². The molecule has 3 rings (SSSR count). The molecule has 0 radical (unpaired) electrons. The van der Waals surface area contributed by atoms with Crippen LogP contribution in [-0.4, -0.2) is 24.5 Å². The van der Waals surface area contributed by atoms with Crippen molar-refractivity contribution in [2.75, 3.05) is 19.6 Å². The van der Waals surface area contributed by atoms with Crippen molar-refractivity contribution in [3.63, 3.8) is 0 Å². The molecule has 0 amide bonds. The van der Waals surface area contributed by atoms with E-state index in [4.69, 9.17) is 5.73 Å². The fourth-order valence-electron chi connectivity index (χ4n) is 3.24. The smallest absolute Gasteiger partial charge is 0.0233 e. The maximum atomic E-state index is 5.65. The van der Waals surface area contributed by atoms with E-state index >= 15 is 0 Å². The molecular weight excluding hydrogens is 232 g/mol. The summed E-state index contributed by atoms with van der Waals surface area (Å²) in [6.45, 7) is 4.47. The second-order valence-corrected chi connectivity index (χ2v) is 6.31. The van der Waals surface area contributed by atoms with Gasteiger partial charge in [0.1, 0.15) is 0 Å². The molecule has 1 saturated heterocycles. The molecule has 1 aliphatic carbocycles. The largest absolute Gasteiger partial charge is 0.330 e. The number of piperidine rings is 1. The monoisotopic (exact) mass is 258 g/mol. The topological polar surface area (TPSA) is 29.3 Å². The molecule has 1 saturated carbocycles. The molecule has 0 aromatic heterocycles. The van der Waals surface area contributed by atoms with Crippen molar-refractivity contribution in [3.05, 3.63) is 35.4 Å². The van der Waals surface area contributed by atoms with E-state index in [-0.39, 0.29) is 0 Å². The molecule has 1 aliphatic heterocycles. The van der Waals surface area contributed by atoms with Crippen LogP contribution >= 0.6 is 0 Å². The average molecular weight is 258 g/mol. The molecule has 104 valence electrons. The van der Waals surface area contributed by atoms with Gasteiger partial charge in [-0.3, -0.25) is 4.90 Å². The zero-order chi connectivity index (χ0) is 13.1. The summed E-state index contributed by atoms with van der Waals surface area (Å²) in [5, 5.41) is 0. The van der Waals surface area contributed by atoms with Crippen molar-refractivity contribution in [2.24, 2.45) is 11.7 Å². The summed E-state index contributed by atoms with van der Waals surface area (Å²) < 4.78 is 0. The second-order valence-electron chi connectivity index (χ2n) is 6.31. The van der Waals surface area contributed by atoms with Crippen LogP contribution in [0.15, 0.2) is 24.3 Å². The van der Waals surface area contributed by atoms with E-state index in [2.05, 4.69) is 29.2 Å². The number of rotatable bonds is 5. The first kappa shape index (κ1) is 13.1. The standard InChI is InChI=1S/C17H26N2/c18-10-7-14-8-11-19(12-9-14)13-15-1-3-16(4-2-15)17-5-6-17/h1-4,14,17H,5-13,18H2. The van der Waals surface area contributed by atoms with Crippen LogP contribution in [0, 0.1) is 5.92 Å². The molecular formula is C17H26N2. The molecule has 1 aromatic rings. The first-order chi connectivity index (χ1) is 9.35. The Hall–Kier alpha value is -0.860. The minimum absolute atomic E-state index is 0.854. The van der Waals surface area contributed by atoms with Crippen LogP contribution in [-0.2, 0) is 6.54 Å². The van der Waals surface area contributed by atoms with Gasteiger partial charge in [-0.15, -0.1) is 0 Å². The molecule has 0 bridgehead atoms. The van der Waals surface area contributed by atoms with E-state index in [0.717, 1.165) is 24.9 Å². The van der Waals surface area contributed by atoms with Crippen LogP contribution in [0.5, 0.6) is 0 Å². The molecule has 0 atom stereocenters. The number of nitrogens with zero attached hydrogens (tertiary/aromatic N) is 1. The van der Waals surface area contributed by atoms with Gasteiger partial charge in [0.05, 0.1) is 0 Å². The lowest BCUT2D eigenvalue weighted by molar-refractivity contribution is 0.173. The van der Waals surface area contributed by atoms with Gasteiger partial charge >= 0.3 is 0 Å². The van der Waals surface area contributed by atoms with Gasteiger partial charge in [-0.25, -0.2) is 0 Å². The van der Waals surface area contributed by atoms with Gasteiger partial charge in [-0.2, -0.15) is 0 Å². The highest BCUT2D eigenvalue weighted by Crippen LogP contribution is 2.39. The summed E-state index contributed by atoms with van der Waals surface area (Å²) in [4.78, 5) is 2.60. The molecule has 0 spiro atoms. The van der Waals surface area contributed by atoms with Gasteiger partial charge in [-0.05, 0) is 74.7 Å². The number of hydrogen-bond acceptors (Lipinski definition) is 2. The van der Waals surface area contributed by atoms with E-state index in [1.54, 1.807) is 5.56 Å². The van der Waals surface area contributed by atoms with Crippen molar-refractivity contribution in [1.29, 1.82) is 0 Å². The van der Waals surface area contributed by atoms with Crippen LogP contribution < -0.4 is 5.73 Å². The van der Waals surface area contributed by atoms with Crippen molar-refractivity contribution < 1.29 is 0 Å². The molecule has 2 heteroatoms. The summed E-state index contributed by atoms with van der Waals surface area (Å²) in [7, 11) is 0. The third-order valence-corrected chi connectivity index (χ3v) is 4.72. The minimum atomic E-state index is 0.854. The maximum Gasteiger partial charge on any atom is 0.0233 e. The lowest BCUT2D eigenvalue weighted by Crippen LogP contribution is -2.33. The van der Waals surface area contributed by atoms with E-state index in [9.17, 15) is 0 Å². The van der Waals surface area contributed by atoms with Crippen molar-refractivity contribution in [1.82, 2.24) is 4.90 Å². The molecule has 1 aromatic carbocycles. The average Bonchev–Trinajstić information content (AvgIpc) is 3.27. The third kappa shape index (κ3) is 3.58. The van der Waals surface area contributed by atoms with Gasteiger partial charge in [0.25, 0.3) is 0 Å². The molecule has 2 nitrogen and oxygen atoms in total. The Kier molecular flexibility index (Phi) is 4.19. The van der Waals surface area contributed by atoms with Crippen LogP contribution in [0.2, 0.25) is 0 Å². The zero-order valence-electron chi connectivity index (χ0n) is 11.9. The number of likely N-dealkylation sites (tertiary alicyclic amines) is 1. The Morgan fingerprint density at radius 1 is 1.00 bits per heavy atom. The number of nitrogens with two attached hydrogens (primary N) is 1. The van der Waals surface area contributed by atoms with Crippen LogP contribution in [0.4, 0.5) is 0 Å². The van der Waals surface area contributed by atoms with Gasteiger partial charge in [-0.1, -0.05) is 24.3 Å². The second kappa shape index (κ2) is 6.06. The predicted molar refractivity (Wildman–Crippen MR) is 80.1 cm³/mol. The summed E-state index contributed by atoms with van der Waals surface area (Å²) in [5.41, 5.74) is 8.67. The molecule has 2 N–H and O–H groups in total. The first-order valence-corrected chi connectivity index (χ1v) is 7.86. The highest BCUT2D eigenvalue weighted by atomic mass is 15.1. The normalized spacial score (nSPS) is 21.7. The maximum absolute atomic E-state index is 5.65. The predicted octanol–water partition coefficient (Wildman–Crippen LogP) is 3.12. The lowest BCUT2D eigenvalue weighted by Gasteiger charge is -2.31. The van der Waals surface area contributed by atoms with E-state index in [1.807, 2.05) is 0 Å². The van der Waals surface area contributed by atoms with Crippen LogP contribution in [0.1, 0.15) is 49.1 Å². The highest BCUT2D eigenvalue weighted by molar-refractivity contribution is 5.28. The van der Waals surface area contributed by atoms with Gasteiger partial charge < -0.3 is 5.73 Å². The van der Waals surface area contributed by atoms with Gasteiger partial charge in [0, 0.05) is 6.54 Å². The first-order valence-electron chi connectivity index (χ1n) is 7.86. The van der Waals surface area contributed by atoms with Crippen LogP contribution in [0.3, 0.4) is 0 Å². The fourth-order valence-corrected chi connectivity index (χ4v) is 3.24. The third-order valence-electron chi connectivity index (χ3n) is 4.72. The molecule has 2 aliphatic rings. The van der Waals surface area contributed by atoms with Gasteiger partial charge in [0.2, 0.25) is 0 Å². The van der Waals surface area contributed by atoms with E-state index in [1.165, 1.54) is 50.8 Å². The SMILES string of the molecule is NCCC1CCN(Cc2ccc(C3CC3)cc2)CC1. The van der Waals surface area contributed by atoms with E-state index < -0.39 is 0 Å². The summed E-state index contributed by atoms with van der Waals surface area (Å²) >= 11 is 0. The number of benzene rings is 1. The molecule has 0 unspecified atom stereocenters. The minimum Gasteiger partial charge on any atom is -0.330 e. The van der Waals surface area contributed by atoms with Crippen molar-refractivity contribution in [3.8, 4) is 0 Å². The molecule has 1 heterocycles. The summed E-state index contributed by atoms with van der Waals surface area (Å²) in [6, 6.07) is 9.35. The van der Waals surface area contributed by atoms with Crippen molar-refractivity contribution >= 4 is 0 Å². The zero-order valence-corrected chi connectivity index (χ0v) is 11.9. The Bertz CT molecular complexity index is 386. The Morgan fingerprint density at radius 3 is 2.26 bits per heavy atom. The lowest BCUT2D eigenvalue weighted by atomic mass is 9.93. The summed E-state index contributed by atoms with van der Waals surface area (Å²) in [6.07, 6.45) is 6.67. The Morgan fingerprint density at radius 2 is 1.68 bits per heavy atom. The summed E-state index contributed by atoms with van der Waals surface area (Å²) in [5.74, 6) is 1.75. The van der Waals surface area contributed by atoms with E-state index in [0.29, 0.717) is 0 Å². The quantitative estimate of drug-likeness (QED) is 0.879. The number of hydrogen-bond donors (Lipinski definition) is 1. The fraction of sp³-hybridized carbons (Fsp3) is 0.647. The Labute approximate surface area is 117 Å².